The van der Waals surface area contributed by atoms with Crippen LogP contribution in [-0.4, -0.2) is 46.3 Å². The summed E-state index contributed by atoms with van der Waals surface area (Å²) in [4.78, 5) is 18.6. The van der Waals surface area contributed by atoms with Crippen LogP contribution in [0.15, 0.2) is 55.1 Å². The minimum Gasteiger partial charge on any atom is -0.493 e. The van der Waals surface area contributed by atoms with Gasteiger partial charge in [0.15, 0.2) is 11.5 Å². The van der Waals surface area contributed by atoms with Gasteiger partial charge in [-0.3, -0.25) is 4.79 Å². The van der Waals surface area contributed by atoms with Crippen LogP contribution < -0.4 is 9.47 Å². The molecule has 0 atom stereocenters. The number of hydrogen-bond acceptors (Lipinski definition) is 5. The van der Waals surface area contributed by atoms with Gasteiger partial charge in [-0.15, -0.1) is 0 Å². The maximum absolute atomic E-state index is 12.9. The molecule has 7 heteroatoms. The van der Waals surface area contributed by atoms with Crippen molar-refractivity contribution in [3.05, 3.63) is 66.2 Å². The Bertz CT molecular complexity index is 892. The third-order valence-corrected chi connectivity index (χ3v) is 4.29. The maximum atomic E-state index is 12.9. The Morgan fingerprint density at radius 2 is 1.81 bits per heavy atom. The van der Waals surface area contributed by atoms with E-state index in [-0.39, 0.29) is 5.91 Å². The number of ether oxygens (including phenoxy) is 2. The Morgan fingerprint density at radius 1 is 1.07 bits per heavy atom. The van der Waals surface area contributed by atoms with E-state index in [4.69, 9.17) is 9.47 Å². The van der Waals surface area contributed by atoms with Crippen LogP contribution in [0.25, 0.3) is 5.69 Å². The highest BCUT2D eigenvalue weighted by atomic mass is 16.5. The summed E-state index contributed by atoms with van der Waals surface area (Å²) >= 11 is 0. The summed E-state index contributed by atoms with van der Waals surface area (Å²) in [6, 6.07) is 13.0. The molecule has 1 amide bonds. The van der Waals surface area contributed by atoms with E-state index in [1.807, 2.05) is 37.3 Å². The van der Waals surface area contributed by atoms with Gasteiger partial charge in [0.1, 0.15) is 12.7 Å². The van der Waals surface area contributed by atoms with Crippen LogP contribution >= 0.6 is 0 Å². The number of carbonyl (C=O) groups excluding carboxylic acids is 1. The van der Waals surface area contributed by atoms with Gasteiger partial charge in [-0.25, -0.2) is 9.67 Å². The number of rotatable bonds is 7. The molecule has 3 aromatic rings. The third-order valence-electron chi connectivity index (χ3n) is 4.29. The van der Waals surface area contributed by atoms with E-state index in [1.165, 1.54) is 6.33 Å². The summed E-state index contributed by atoms with van der Waals surface area (Å²) in [5, 5.41) is 4.09. The Morgan fingerprint density at radius 3 is 2.41 bits per heavy atom. The Kier molecular flexibility index (Phi) is 5.71. The van der Waals surface area contributed by atoms with Crippen LogP contribution in [0.1, 0.15) is 22.8 Å². The van der Waals surface area contributed by atoms with E-state index in [1.54, 1.807) is 42.3 Å². The van der Waals surface area contributed by atoms with Crippen molar-refractivity contribution >= 4 is 5.91 Å². The first kappa shape index (κ1) is 18.4. The van der Waals surface area contributed by atoms with Crippen LogP contribution in [0, 0.1) is 0 Å². The topological polar surface area (TPSA) is 69.5 Å². The SMILES string of the molecule is CCN(Cc1ccc(OC)c(OC)c1)C(=O)c1ccc(-n2cncn2)cc1. The molecular formula is C20H22N4O3. The second kappa shape index (κ2) is 8.35. The first-order valence-electron chi connectivity index (χ1n) is 8.61. The van der Waals surface area contributed by atoms with Crippen LogP contribution in [-0.2, 0) is 6.54 Å². The fourth-order valence-electron chi connectivity index (χ4n) is 2.81. The largest absolute Gasteiger partial charge is 0.493 e. The molecule has 0 bridgehead atoms. The number of carbonyl (C=O) groups is 1. The quantitative estimate of drug-likeness (QED) is 0.643. The van der Waals surface area contributed by atoms with Gasteiger partial charge in [-0.2, -0.15) is 5.10 Å². The molecule has 0 radical (unpaired) electrons. The molecule has 0 unspecified atom stereocenters. The molecule has 1 heterocycles. The van der Waals surface area contributed by atoms with Gasteiger partial charge >= 0.3 is 0 Å². The number of hydrogen-bond donors (Lipinski definition) is 0. The fourth-order valence-corrected chi connectivity index (χ4v) is 2.81. The summed E-state index contributed by atoms with van der Waals surface area (Å²) in [5.74, 6) is 1.28. The summed E-state index contributed by atoms with van der Waals surface area (Å²) < 4.78 is 12.3. The van der Waals surface area contributed by atoms with Crippen molar-refractivity contribution in [2.24, 2.45) is 0 Å². The molecule has 7 nitrogen and oxygen atoms in total. The zero-order valence-corrected chi connectivity index (χ0v) is 15.6. The number of aromatic nitrogens is 3. The van der Waals surface area contributed by atoms with Crippen LogP contribution in [0.3, 0.4) is 0 Å². The van der Waals surface area contributed by atoms with Gasteiger partial charge in [-0.1, -0.05) is 6.07 Å². The van der Waals surface area contributed by atoms with Gasteiger partial charge in [0.2, 0.25) is 0 Å². The smallest absolute Gasteiger partial charge is 0.254 e. The molecule has 0 fully saturated rings. The van der Waals surface area contributed by atoms with E-state index in [2.05, 4.69) is 10.1 Å². The van der Waals surface area contributed by atoms with Crippen molar-refractivity contribution in [2.45, 2.75) is 13.5 Å². The number of nitrogens with zero attached hydrogens (tertiary/aromatic N) is 4. The fraction of sp³-hybridized carbons (Fsp3) is 0.250. The Hall–Kier alpha value is -3.35. The predicted octanol–water partition coefficient (Wildman–Crippen LogP) is 2.95. The average Bonchev–Trinajstić information content (AvgIpc) is 3.26. The lowest BCUT2D eigenvalue weighted by atomic mass is 10.1. The van der Waals surface area contributed by atoms with Crippen LogP contribution in [0.4, 0.5) is 0 Å². The van der Waals surface area contributed by atoms with Crippen molar-refractivity contribution in [3.8, 4) is 17.2 Å². The van der Waals surface area contributed by atoms with Crippen molar-refractivity contribution < 1.29 is 14.3 Å². The number of amides is 1. The lowest BCUT2D eigenvalue weighted by Crippen LogP contribution is -2.30. The molecule has 140 valence electrons. The van der Waals surface area contributed by atoms with Gasteiger partial charge in [-0.05, 0) is 48.9 Å². The van der Waals surface area contributed by atoms with E-state index in [0.29, 0.717) is 30.2 Å². The van der Waals surface area contributed by atoms with E-state index in [9.17, 15) is 4.79 Å². The highest BCUT2D eigenvalue weighted by Gasteiger charge is 2.16. The van der Waals surface area contributed by atoms with Crippen molar-refractivity contribution in [3.63, 3.8) is 0 Å². The Labute approximate surface area is 158 Å². The van der Waals surface area contributed by atoms with Gasteiger partial charge < -0.3 is 14.4 Å². The summed E-state index contributed by atoms with van der Waals surface area (Å²) in [5.41, 5.74) is 2.45. The normalized spacial score (nSPS) is 10.5. The van der Waals surface area contributed by atoms with Gasteiger partial charge in [0, 0.05) is 18.7 Å². The van der Waals surface area contributed by atoms with Gasteiger partial charge in [0.05, 0.1) is 19.9 Å². The van der Waals surface area contributed by atoms with Crippen LogP contribution in [0.2, 0.25) is 0 Å². The molecule has 0 aliphatic carbocycles. The average molecular weight is 366 g/mol. The van der Waals surface area contributed by atoms with E-state index in [0.717, 1.165) is 11.3 Å². The zero-order valence-electron chi connectivity index (χ0n) is 15.6. The third kappa shape index (κ3) is 4.08. The molecule has 0 aliphatic rings. The molecule has 0 saturated heterocycles. The van der Waals surface area contributed by atoms with E-state index >= 15 is 0 Å². The molecule has 0 saturated carbocycles. The zero-order chi connectivity index (χ0) is 19.2. The van der Waals surface area contributed by atoms with E-state index < -0.39 is 0 Å². The summed E-state index contributed by atoms with van der Waals surface area (Å²) in [7, 11) is 3.20. The maximum Gasteiger partial charge on any atom is 0.254 e. The molecule has 0 N–H and O–H groups in total. The molecule has 27 heavy (non-hydrogen) atoms. The highest BCUT2D eigenvalue weighted by Crippen LogP contribution is 2.28. The molecule has 0 spiro atoms. The standard InChI is InChI=1S/C20H22N4O3/c1-4-23(12-15-5-10-18(26-2)19(11-15)27-3)20(25)16-6-8-17(9-7-16)24-14-21-13-22-24/h5-11,13-14H,4,12H2,1-3H3. The highest BCUT2D eigenvalue weighted by molar-refractivity contribution is 5.94. The lowest BCUT2D eigenvalue weighted by Gasteiger charge is -2.22. The second-order valence-electron chi connectivity index (χ2n) is 5.90. The summed E-state index contributed by atoms with van der Waals surface area (Å²) in [6.45, 7) is 3.04. The molecular weight excluding hydrogens is 344 g/mol. The predicted molar refractivity (Wildman–Crippen MR) is 101 cm³/mol. The Balaban J connectivity index is 1.76. The minimum atomic E-state index is -0.0302. The monoisotopic (exact) mass is 366 g/mol. The summed E-state index contributed by atoms with van der Waals surface area (Å²) in [6.07, 6.45) is 3.09. The molecule has 3 rings (SSSR count). The van der Waals surface area contributed by atoms with Crippen molar-refractivity contribution in [1.82, 2.24) is 19.7 Å². The number of methoxy groups -OCH3 is 2. The first-order valence-corrected chi connectivity index (χ1v) is 8.61. The van der Waals surface area contributed by atoms with Gasteiger partial charge in [0.25, 0.3) is 5.91 Å². The minimum absolute atomic E-state index is 0.0302. The number of benzene rings is 2. The molecule has 0 aliphatic heterocycles. The first-order chi connectivity index (χ1) is 13.2. The molecule has 2 aromatic carbocycles. The van der Waals surface area contributed by atoms with Crippen molar-refractivity contribution in [2.75, 3.05) is 20.8 Å². The molecule has 1 aromatic heterocycles. The van der Waals surface area contributed by atoms with Crippen LogP contribution in [0.5, 0.6) is 11.5 Å². The lowest BCUT2D eigenvalue weighted by molar-refractivity contribution is 0.0752. The van der Waals surface area contributed by atoms with Crippen molar-refractivity contribution in [1.29, 1.82) is 0 Å². The second-order valence-corrected chi connectivity index (χ2v) is 5.90.